The number of carboxylic acid groups (broad SMARTS) is 1. The van der Waals surface area contributed by atoms with Crippen molar-refractivity contribution in [3.8, 4) is 5.75 Å². The third kappa shape index (κ3) is 6.80. The Morgan fingerprint density at radius 1 is 1.36 bits per heavy atom. The van der Waals surface area contributed by atoms with E-state index in [2.05, 4.69) is 9.97 Å². The average Bonchev–Trinajstić information content (AvgIpc) is 3.14. The summed E-state index contributed by atoms with van der Waals surface area (Å²) in [5.74, 6) is -1.33. The number of nitrogen functional groups attached to an aromatic ring is 1. The van der Waals surface area contributed by atoms with Gasteiger partial charge in [0.25, 0.3) is 0 Å². The van der Waals surface area contributed by atoms with E-state index in [9.17, 15) is 24.4 Å². The molecule has 39 heavy (non-hydrogen) atoms. The highest BCUT2D eigenvalue weighted by Crippen LogP contribution is 2.55. The number of aromatic amines is 1. The van der Waals surface area contributed by atoms with Crippen LogP contribution in [0.15, 0.2) is 41.3 Å². The second-order valence-corrected chi connectivity index (χ2v) is 11.7. The third-order valence-corrected chi connectivity index (χ3v) is 9.08. The zero-order valence-electron chi connectivity index (χ0n) is 22.0. The number of anilines is 1. The van der Waals surface area contributed by atoms with Gasteiger partial charge in [0.05, 0.1) is 12.2 Å². The van der Waals surface area contributed by atoms with Crippen LogP contribution < -0.4 is 15.9 Å². The maximum Gasteiger partial charge on any atom is 0.462 e. The monoisotopic (exact) mass is 588 g/mol. The van der Waals surface area contributed by atoms with Crippen molar-refractivity contribution >= 4 is 31.1 Å². The van der Waals surface area contributed by atoms with Crippen molar-refractivity contribution in [2.75, 3.05) is 26.0 Å². The number of benzene rings is 1. The molecule has 2 aromatic rings. The molecule has 0 amide bonds. The number of halogens is 1. The van der Waals surface area contributed by atoms with Gasteiger partial charge in [0.15, 0.2) is 0 Å². The number of aromatic nitrogens is 2. The van der Waals surface area contributed by atoms with Crippen LogP contribution in [0.2, 0.25) is 0 Å². The topological polar surface area (TPSA) is 187 Å². The summed E-state index contributed by atoms with van der Waals surface area (Å²) in [5.41, 5.74) is 5.22. The van der Waals surface area contributed by atoms with Gasteiger partial charge >= 0.3 is 19.4 Å². The van der Waals surface area contributed by atoms with Gasteiger partial charge in [-0.1, -0.05) is 50.1 Å². The summed E-state index contributed by atoms with van der Waals surface area (Å²) in [6.45, 7) is 4.74. The number of nitrogens with one attached hydrogen (secondary N) is 1. The van der Waals surface area contributed by atoms with Crippen molar-refractivity contribution < 1.29 is 38.1 Å². The molecule has 0 radical (unpaired) electrons. The van der Waals surface area contributed by atoms with Crippen molar-refractivity contribution in [1.29, 1.82) is 0 Å². The van der Waals surface area contributed by atoms with Crippen molar-refractivity contribution in [2.45, 2.75) is 56.6 Å². The van der Waals surface area contributed by atoms with Crippen molar-refractivity contribution in [3.63, 3.8) is 0 Å². The number of carboxylic acids is 1. The molecule has 2 heterocycles. The number of aliphatic hydroxyl groups is 1. The number of para-hydroxylation sites is 1. The standard InChI is InChI=1S/C24H34ClN4O9P/c1-5-14(2)12-29(15(3)22(31)32)39(34,38-16-9-7-6-8-10-16)36-13-18-19(30)20(35-4)24(25,37-18)17-11-27-23(33)28-21(17)26/h6-11,14-15,18-20,30H,5,12-13H2,1-4H3,(H,31,32)(H3,26,27,28,33)/t14?,15-,18-,19-,20-,24+,39-/m1/s1. The second-order valence-electron chi connectivity index (χ2n) is 9.27. The Morgan fingerprint density at radius 3 is 2.59 bits per heavy atom. The molecule has 1 aliphatic heterocycles. The Bertz CT molecular complexity index is 1240. The summed E-state index contributed by atoms with van der Waals surface area (Å²) >= 11 is 6.74. The van der Waals surface area contributed by atoms with Crippen molar-refractivity contribution in [2.24, 2.45) is 5.92 Å². The van der Waals surface area contributed by atoms with Gasteiger partial charge in [-0.25, -0.2) is 9.36 Å². The van der Waals surface area contributed by atoms with E-state index < -0.39 is 55.4 Å². The summed E-state index contributed by atoms with van der Waals surface area (Å²) in [4.78, 5) is 29.5. The second kappa shape index (κ2) is 12.8. The molecule has 5 N–H and O–H groups in total. The molecular weight excluding hydrogens is 555 g/mol. The Labute approximate surface area is 230 Å². The molecule has 3 rings (SSSR count). The number of hydrogen-bond donors (Lipinski definition) is 4. The van der Waals surface area contributed by atoms with Gasteiger partial charge in [-0.15, -0.1) is 0 Å². The first-order chi connectivity index (χ1) is 18.4. The molecule has 0 bridgehead atoms. The smallest absolute Gasteiger partial charge is 0.462 e. The van der Waals surface area contributed by atoms with E-state index in [-0.39, 0.29) is 29.6 Å². The van der Waals surface area contributed by atoms with Crippen LogP contribution in [0.25, 0.3) is 0 Å². The molecule has 216 valence electrons. The number of rotatable bonds is 13. The molecule has 1 unspecified atom stereocenters. The number of ether oxygens (including phenoxy) is 2. The number of nitrogens with zero attached hydrogens (tertiary/aromatic N) is 2. The molecule has 15 heteroatoms. The zero-order chi connectivity index (χ0) is 29.0. The quantitative estimate of drug-likeness (QED) is 0.198. The molecule has 0 saturated carbocycles. The van der Waals surface area contributed by atoms with Crippen LogP contribution in [0.1, 0.15) is 32.8 Å². The number of alkyl halides is 1. The zero-order valence-corrected chi connectivity index (χ0v) is 23.7. The van der Waals surface area contributed by atoms with Crippen molar-refractivity contribution in [3.05, 3.63) is 52.6 Å². The number of carbonyl (C=O) groups is 1. The number of nitrogens with two attached hydrogens (primary N) is 1. The van der Waals surface area contributed by atoms with Crippen molar-refractivity contribution in [1.82, 2.24) is 14.6 Å². The first-order valence-corrected chi connectivity index (χ1v) is 14.2. The number of H-pyrrole nitrogens is 1. The molecule has 1 aromatic carbocycles. The van der Waals surface area contributed by atoms with E-state index in [1.807, 2.05) is 13.8 Å². The van der Waals surface area contributed by atoms with Gasteiger partial charge in [0, 0.05) is 19.9 Å². The predicted octanol–water partition coefficient (Wildman–Crippen LogP) is 2.54. The fourth-order valence-corrected chi connectivity index (χ4v) is 6.59. The third-order valence-electron chi connectivity index (χ3n) is 6.52. The van der Waals surface area contributed by atoms with Crippen LogP contribution in [0, 0.1) is 5.92 Å². The number of methoxy groups -OCH3 is 1. The summed E-state index contributed by atoms with van der Waals surface area (Å²) in [5, 5.41) is 18.9. The summed E-state index contributed by atoms with van der Waals surface area (Å²) in [6, 6.07) is 6.93. The molecule has 1 fully saturated rings. The van der Waals surface area contributed by atoms with E-state index in [1.165, 1.54) is 24.9 Å². The summed E-state index contributed by atoms with van der Waals surface area (Å²) in [7, 11) is -3.08. The first kappa shape index (κ1) is 31.0. The van der Waals surface area contributed by atoms with Gasteiger partial charge in [0.2, 0.25) is 5.06 Å². The molecule has 0 aliphatic carbocycles. The van der Waals surface area contributed by atoms with Crippen LogP contribution in [-0.2, 0) is 28.4 Å². The van der Waals surface area contributed by atoms with Crippen LogP contribution in [-0.4, -0.2) is 75.4 Å². The molecule has 1 aromatic heterocycles. The van der Waals surface area contributed by atoms with E-state index in [4.69, 9.17) is 35.9 Å². The molecule has 1 aliphatic rings. The summed E-state index contributed by atoms with van der Waals surface area (Å²) < 4.78 is 38.5. The van der Waals surface area contributed by atoms with Crippen LogP contribution in [0.4, 0.5) is 5.82 Å². The van der Waals surface area contributed by atoms with E-state index >= 15 is 0 Å². The number of aliphatic carboxylic acids is 1. The number of aliphatic hydroxyl groups excluding tert-OH is 1. The Hall–Kier alpha value is -2.51. The Balaban J connectivity index is 1.95. The van der Waals surface area contributed by atoms with Gasteiger partial charge in [-0.05, 0) is 25.0 Å². The normalized spacial score (nSPS) is 26.2. The van der Waals surface area contributed by atoms with E-state index in [0.717, 1.165) is 0 Å². The Kier molecular flexibility index (Phi) is 10.2. The highest BCUT2D eigenvalue weighted by molar-refractivity contribution is 7.51. The van der Waals surface area contributed by atoms with Gasteiger partial charge in [-0.3, -0.25) is 9.32 Å². The maximum absolute atomic E-state index is 14.4. The number of hydrogen-bond acceptors (Lipinski definition) is 10. The molecule has 13 nitrogen and oxygen atoms in total. The van der Waals surface area contributed by atoms with Crippen LogP contribution >= 0.6 is 19.3 Å². The highest BCUT2D eigenvalue weighted by atomic mass is 35.5. The van der Waals surface area contributed by atoms with Gasteiger partial charge < -0.3 is 34.9 Å². The van der Waals surface area contributed by atoms with Gasteiger partial charge in [0.1, 0.15) is 35.9 Å². The van der Waals surface area contributed by atoms with Crippen LogP contribution in [0.5, 0.6) is 5.75 Å². The molecular formula is C24H34ClN4O9P. The fraction of sp³-hybridized carbons (Fsp3) is 0.542. The summed E-state index contributed by atoms with van der Waals surface area (Å²) in [6.07, 6.45) is -1.96. The SMILES string of the molecule is CCC(C)CN([C@H](C)C(=O)O)[P@@](=O)(OC[C@H]1O[C@@](Cl)(c2c[nH]c(=O)nc2N)[C@H](OC)[C@@H]1O)Oc1ccccc1. The molecule has 0 spiro atoms. The Morgan fingerprint density at radius 2 is 2.03 bits per heavy atom. The van der Waals surface area contributed by atoms with Crippen LogP contribution in [0.3, 0.4) is 0 Å². The van der Waals surface area contributed by atoms with E-state index in [1.54, 1.807) is 30.3 Å². The molecule has 7 atom stereocenters. The minimum Gasteiger partial charge on any atom is -0.480 e. The maximum atomic E-state index is 14.4. The van der Waals surface area contributed by atoms with E-state index in [0.29, 0.717) is 6.42 Å². The minimum atomic E-state index is -4.37. The largest absolute Gasteiger partial charge is 0.480 e. The lowest BCUT2D eigenvalue weighted by Crippen LogP contribution is -2.42. The van der Waals surface area contributed by atoms with Gasteiger partial charge in [-0.2, -0.15) is 9.65 Å². The highest BCUT2D eigenvalue weighted by Gasteiger charge is 2.57. The lowest BCUT2D eigenvalue weighted by Gasteiger charge is -2.34. The lowest BCUT2D eigenvalue weighted by atomic mass is 10.0. The predicted molar refractivity (Wildman–Crippen MR) is 142 cm³/mol. The minimum absolute atomic E-state index is 0.0405. The fourth-order valence-electron chi connectivity index (χ4n) is 4.08. The first-order valence-electron chi connectivity index (χ1n) is 12.3. The lowest BCUT2D eigenvalue weighted by molar-refractivity contribution is -0.141. The molecule has 1 saturated heterocycles. The average molecular weight is 589 g/mol.